The van der Waals surface area contributed by atoms with E-state index in [0.29, 0.717) is 5.39 Å². The second kappa shape index (κ2) is 6.17. The van der Waals surface area contributed by atoms with Crippen molar-refractivity contribution in [3.63, 3.8) is 0 Å². The van der Waals surface area contributed by atoms with Crippen molar-refractivity contribution in [2.45, 2.75) is 18.0 Å². The first-order valence-corrected chi connectivity index (χ1v) is 8.80. The molecule has 0 amide bonds. The minimum absolute atomic E-state index is 0.167. The average Bonchev–Trinajstić information content (AvgIpc) is 2.55. The summed E-state index contributed by atoms with van der Waals surface area (Å²) < 4.78 is 71.1. The first-order chi connectivity index (χ1) is 12.1. The predicted molar refractivity (Wildman–Crippen MR) is 89.5 cm³/mol. The van der Waals surface area contributed by atoms with Gasteiger partial charge in [-0.3, -0.25) is 4.72 Å². The number of halogens is 3. The number of hydrogen-bond acceptors (Lipinski definition) is 4. The smallest absolute Gasteiger partial charge is 0.416 e. The highest BCUT2D eigenvalue weighted by Crippen LogP contribution is 2.35. The molecule has 0 spiro atoms. The Kier molecular flexibility index (Phi) is 4.27. The minimum atomic E-state index is -4.59. The van der Waals surface area contributed by atoms with Crippen LogP contribution in [0.1, 0.15) is 11.1 Å². The highest BCUT2D eigenvalue weighted by Gasteiger charge is 2.33. The van der Waals surface area contributed by atoms with Gasteiger partial charge in [-0.15, -0.1) is 0 Å². The van der Waals surface area contributed by atoms with Crippen LogP contribution in [0.5, 0.6) is 0 Å². The lowest BCUT2D eigenvalue weighted by atomic mass is 10.1. The molecule has 1 aromatic heterocycles. The van der Waals surface area contributed by atoms with E-state index in [1.165, 1.54) is 37.3 Å². The van der Waals surface area contributed by atoms with E-state index in [1.54, 1.807) is 0 Å². The Morgan fingerprint density at radius 2 is 1.77 bits per heavy atom. The molecule has 3 aromatic rings. The molecule has 0 atom stereocenters. The molecule has 0 saturated carbocycles. The van der Waals surface area contributed by atoms with E-state index in [0.717, 1.165) is 18.2 Å². The third-order valence-corrected chi connectivity index (χ3v) is 5.15. The van der Waals surface area contributed by atoms with Gasteiger partial charge in [0, 0.05) is 11.5 Å². The van der Waals surface area contributed by atoms with Crippen LogP contribution in [0.25, 0.3) is 11.0 Å². The van der Waals surface area contributed by atoms with E-state index in [-0.39, 0.29) is 21.7 Å². The van der Waals surface area contributed by atoms with E-state index in [2.05, 4.69) is 4.72 Å². The van der Waals surface area contributed by atoms with Gasteiger partial charge in [0.2, 0.25) is 0 Å². The summed E-state index contributed by atoms with van der Waals surface area (Å²) in [6, 6.07) is 9.58. The molecule has 0 bridgehead atoms. The fourth-order valence-electron chi connectivity index (χ4n) is 2.47. The Balaban J connectivity index is 2.02. The first-order valence-electron chi connectivity index (χ1n) is 7.31. The lowest BCUT2D eigenvalue weighted by molar-refractivity contribution is -0.138. The Labute approximate surface area is 146 Å². The van der Waals surface area contributed by atoms with Crippen molar-refractivity contribution in [3.8, 4) is 0 Å². The van der Waals surface area contributed by atoms with Crippen molar-refractivity contribution in [2.24, 2.45) is 0 Å². The molecule has 1 heterocycles. The number of fused-ring (bicyclic) bond motifs is 1. The average molecular weight is 383 g/mol. The minimum Gasteiger partial charge on any atom is -0.423 e. The summed E-state index contributed by atoms with van der Waals surface area (Å²) in [7, 11) is -4.14. The summed E-state index contributed by atoms with van der Waals surface area (Å²) in [6.45, 7) is 1.19. The molecule has 5 nitrogen and oxygen atoms in total. The van der Waals surface area contributed by atoms with Gasteiger partial charge in [0.15, 0.2) is 0 Å². The van der Waals surface area contributed by atoms with E-state index in [9.17, 15) is 26.4 Å². The van der Waals surface area contributed by atoms with E-state index in [4.69, 9.17) is 4.42 Å². The molecule has 0 saturated heterocycles. The molecular formula is C17H12F3NO4S. The zero-order valence-corrected chi connectivity index (χ0v) is 14.1. The molecular weight excluding hydrogens is 371 g/mol. The van der Waals surface area contributed by atoms with Gasteiger partial charge in [0.1, 0.15) is 5.58 Å². The molecule has 0 aliphatic heterocycles. The third-order valence-electron chi connectivity index (χ3n) is 3.78. The van der Waals surface area contributed by atoms with Crippen LogP contribution >= 0.6 is 0 Å². The van der Waals surface area contributed by atoms with Crippen LogP contribution < -0.4 is 10.3 Å². The molecule has 26 heavy (non-hydrogen) atoms. The quantitative estimate of drug-likeness (QED) is 0.696. The van der Waals surface area contributed by atoms with Gasteiger partial charge in [-0.2, -0.15) is 13.2 Å². The molecule has 0 aliphatic rings. The molecule has 2 aromatic carbocycles. The summed E-state index contributed by atoms with van der Waals surface area (Å²) in [5, 5.41) is 0.369. The third kappa shape index (κ3) is 3.43. The fraction of sp³-hybridized carbons (Fsp3) is 0.118. The van der Waals surface area contributed by atoms with E-state index in [1.807, 2.05) is 0 Å². The largest absolute Gasteiger partial charge is 0.423 e. The fourth-order valence-corrected chi connectivity index (χ4v) is 3.63. The zero-order chi connectivity index (χ0) is 19.1. The normalized spacial score (nSPS) is 12.3. The topological polar surface area (TPSA) is 76.4 Å². The number of sulfonamides is 1. The van der Waals surface area contributed by atoms with Crippen molar-refractivity contribution in [3.05, 3.63) is 70.1 Å². The van der Waals surface area contributed by atoms with Crippen molar-refractivity contribution in [1.82, 2.24) is 0 Å². The number of alkyl halides is 3. The van der Waals surface area contributed by atoms with Crippen molar-refractivity contribution in [1.29, 1.82) is 0 Å². The second-order valence-electron chi connectivity index (χ2n) is 5.54. The second-order valence-corrected chi connectivity index (χ2v) is 7.22. The molecule has 3 rings (SSSR count). The lowest BCUT2D eigenvalue weighted by Gasteiger charge is -2.15. The summed E-state index contributed by atoms with van der Waals surface area (Å²) in [4.78, 5) is 11.0. The zero-order valence-electron chi connectivity index (χ0n) is 13.3. The number of anilines is 1. The van der Waals surface area contributed by atoms with Gasteiger partial charge in [-0.1, -0.05) is 6.07 Å². The molecule has 9 heteroatoms. The monoisotopic (exact) mass is 383 g/mol. The van der Waals surface area contributed by atoms with Crippen LogP contribution in [-0.4, -0.2) is 8.42 Å². The standard InChI is InChI=1S/C17H12F3NO4S/c1-10-13(17(18,19)20)3-2-4-14(10)21-26(23,24)12-6-7-15-11(9-12)5-8-16(22)25-15/h2-9,21H,1H3. The Bertz CT molecular complexity index is 1150. The van der Waals surface area contributed by atoms with Gasteiger partial charge < -0.3 is 4.42 Å². The van der Waals surface area contributed by atoms with Crippen LogP contribution in [0, 0.1) is 6.92 Å². The maximum Gasteiger partial charge on any atom is 0.416 e. The van der Waals surface area contributed by atoms with Crippen LogP contribution in [0.2, 0.25) is 0 Å². The maximum atomic E-state index is 13.0. The van der Waals surface area contributed by atoms with E-state index < -0.39 is 27.4 Å². The summed E-state index contributed by atoms with van der Waals surface area (Å²) in [6.07, 6.45) is -4.59. The van der Waals surface area contributed by atoms with Gasteiger partial charge in [-0.05, 0) is 48.9 Å². The Morgan fingerprint density at radius 3 is 2.46 bits per heavy atom. The molecule has 0 fully saturated rings. The Hall–Kier alpha value is -2.81. The van der Waals surface area contributed by atoms with Crippen LogP contribution in [-0.2, 0) is 16.2 Å². The van der Waals surface area contributed by atoms with Crippen LogP contribution in [0.15, 0.2) is 62.6 Å². The van der Waals surface area contributed by atoms with Crippen LogP contribution in [0.4, 0.5) is 18.9 Å². The van der Waals surface area contributed by atoms with Gasteiger partial charge in [0.05, 0.1) is 16.1 Å². The van der Waals surface area contributed by atoms with Crippen molar-refractivity contribution >= 4 is 26.7 Å². The maximum absolute atomic E-state index is 13.0. The van der Waals surface area contributed by atoms with Gasteiger partial charge in [-0.25, -0.2) is 13.2 Å². The summed E-state index contributed by atoms with van der Waals surface area (Å²) >= 11 is 0. The highest BCUT2D eigenvalue weighted by atomic mass is 32.2. The molecule has 1 N–H and O–H groups in total. The van der Waals surface area contributed by atoms with Crippen LogP contribution in [0.3, 0.4) is 0 Å². The van der Waals surface area contributed by atoms with Gasteiger partial charge >= 0.3 is 11.8 Å². The number of nitrogens with one attached hydrogen (secondary N) is 1. The van der Waals surface area contributed by atoms with Crippen molar-refractivity contribution in [2.75, 3.05) is 4.72 Å². The molecule has 136 valence electrons. The van der Waals surface area contributed by atoms with Gasteiger partial charge in [0.25, 0.3) is 10.0 Å². The number of benzene rings is 2. The predicted octanol–water partition coefficient (Wildman–Crippen LogP) is 3.92. The number of hydrogen-bond donors (Lipinski definition) is 1. The van der Waals surface area contributed by atoms with E-state index >= 15 is 0 Å². The summed E-state index contributed by atoms with van der Waals surface area (Å²) in [5.74, 6) is 0. The highest BCUT2D eigenvalue weighted by molar-refractivity contribution is 7.92. The number of rotatable bonds is 3. The van der Waals surface area contributed by atoms with Crippen molar-refractivity contribution < 1.29 is 26.0 Å². The molecule has 0 unspecified atom stereocenters. The first kappa shape index (κ1) is 18.0. The lowest BCUT2D eigenvalue weighted by Crippen LogP contribution is -2.16. The SMILES string of the molecule is Cc1c(NS(=O)(=O)c2ccc3oc(=O)ccc3c2)cccc1C(F)(F)F. The molecule has 0 aliphatic carbocycles. The Morgan fingerprint density at radius 1 is 1.04 bits per heavy atom. The summed E-state index contributed by atoms with van der Waals surface area (Å²) in [5.41, 5.74) is -1.69. The molecule has 0 radical (unpaired) electrons.